The van der Waals surface area contributed by atoms with Gasteiger partial charge in [-0.05, 0) is 43.2 Å². The lowest BCUT2D eigenvalue weighted by atomic mass is 9.96. The number of hydrogen-bond donors (Lipinski definition) is 2. The van der Waals surface area contributed by atoms with E-state index in [0.29, 0.717) is 11.1 Å². The number of pyridine rings is 2. The van der Waals surface area contributed by atoms with Gasteiger partial charge < -0.3 is 10.3 Å². The minimum absolute atomic E-state index is 0.106. The summed E-state index contributed by atoms with van der Waals surface area (Å²) in [5.74, 6) is 0.288. The zero-order valence-electron chi connectivity index (χ0n) is 16.9. The normalized spacial score (nSPS) is 12.4. The van der Waals surface area contributed by atoms with Crippen LogP contribution < -0.4 is 10.9 Å². The predicted molar refractivity (Wildman–Crippen MR) is 118 cm³/mol. The van der Waals surface area contributed by atoms with E-state index in [2.05, 4.69) is 25.3 Å². The third kappa shape index (κ3) is 3.22. The summed E-state index contributed by atoms with van der Waals surface area (Å²) in [6.45, 7) is 3.82. The number of fused-ring (bicyclic) bond motifs is 2. The standard InChI is InChI=1S/C23H19FN6O/c1-13-7-6-10-16-11-17(18(22(31)30(13)16)15-8-4-3-5-9-15)14(2)27-21-19-20(26-12-25-19)28-23(24)29-21/h3-12,14H,1-2H3,(H2,25,26,27,28,29)/t14-/m0/s1. The summed E-state index contributed by atoms with van der Waals surface area (Å²) in [7, 11) is 0. The van der Waals surface area contributed by atoms with E-state index in [0.717, 1.165) is 22.3 Å². The second kappa shape index (κ2) is 7.32. The maximum atomic E-state index is 13.9. The molecule has 31 heavy (non-hydrogen) atoms. The lowest BCUT2D eigenvalue weighted by Gasteiger charge is -2.20. The highest BCUT2D eigenvalue weighted by Gasteiger charge is 2.20. The van der Waals surface area contributed by atoms with Crippen molar-refractivity contribution in [2.45, 2.75) is 19.9 Å². The van der Waals surface area contributed by atoms with E-state index in [1.807, 2.05) is 68.4 Å². The first-order valence-corrected chi connectivity index (χ1v) is 9.87. The van der Waals surface area contributed by atoms with Crippen molar-refractivity contribution in [3.8, 4) is 11.1 Å². The van der Waals surface area contributed by atoms with Crippen molar-refractivity contribution in [3.05, 3.63) is 88.6 Å². The first-order chi connectivity index (χ1) is 15.0. The van der Waals surface area contributed by atoms with E-state index < -0.39 is 6.08 Å². The number of aromatic amines is 1. The first-order valence-electron chi connectivity index (χ1n) is 9.87. The van der Waals surface area contributed by atoms with Crippen molar-refractivity contribution in [2.75, 3.05) is 5.32 Å². The maximum Gasteiger partial charge on any atom is 0.312 e. The monoisotopic (exact) mass is 414 g/mol. The summed E-state index contributed by atoms with van der Waals surface area (Å²) in [6.07, 6.45) is 0.571. The molecule has 0 aliphatic heterocycles. The van der Waals surface area contributed by atoms with Gasteiger partial charge in [-0.1, -0.05) is 36.4 Å². The molecule has 0 aliphatic rings. The van der Waals surface area contributed by atoms with Crippen LogP contribution in [-0.2, 0) is 0 Å². The van der Waals surface area contributed by atoms with Gasteiger partial charge >= 0.3 is 6.08 Å². The highest BCUT2D eigenvalue weighted by atomic mass is 19.1. The van der Waals surface area contributed by atoms with Gasteiger partial charge in [0, 0.05) is 11.2 Å². The quantitative estimate of drug-likeness (QED) is 0.429. The molecule has 0 saturated carbocycles. The summed E-state index contributed by atoms with van der Waals surface area (Å²) >= 11 is 0. The molecule has 5 rings (SSSR count). The van der Waals surface area contributed by atoms with E-state index in [9.17, 15) is 9.18 Å². The second-order valence-electron chi connectivity index (χ2n) is 7.38. The Bertz CT molecular complexity index is 1470. The van der Waals surface area contributed by atoms with Gasteiger partial charge in [0.15, 0.2) is 11.5 Å². The van der Waals surface area contributed by atoms with Crippen molar-refractivity contribution >= 4 is 22.5 Å². The smallest absolute Gasteiger partial charge is 0.312 e. The Morgan fingerprint density at radius 1 is 1.10 bits per heavy atom. The molecule has 1 atom stereocenters. The summed E-state index contributed by atoms with van der Waals surface area (Å²) in [4.78, 5) is 28.1. The van der Waals surface area contributed by atoms with Crippen LogP contribution in [0.25, 0.3) is 27.8 Å². The van der Waals surface area contributed by atoms with Crippen LogP contribution in [0.2, 0.25) is 0 Å². The summed E-state index contributed by atoms with van der Waals surface area (Å²) in [5, 5.41) is 3.23. The maximum absolute atomic E-state index is 13.9. The van der Waals surface area contributed by atoms with E-state index in [4.69, 9.17) is 0 Å². The van der Waals surface area contributed by atoms with E-state index in [-0.39, 0.29) is 23.1 Å². The minimum Gasteiger partial charge on any atom is -0.362 e. The molecule has 8 heteroatoms. The fourth-order valence-electron chi connectivity index (χ4n) is 3.93. The molecule has 0 spiro atoms. The zero-order chi connectivity index (χ0) is 21.5. The van der Waals surface area contributed by atoms with Gasteiger partial charge in [-0.15, -0.1) is 0 Å². The van der Waals surface area contributed by atoms with Crippen LogP contribution >= 0.6 is 0 Å². The molecule has 0 saturated heterocycles. The van der Waals surface area contributed by atoms with Gasteiger partial charge in [-0.25, -0.2) is 4.98 Å². The van der Waals surface area contributed by atoms with Crippen LogP contribution in [0.4, 0.5) is 10.2 Å². The van der Waals surface area contributed by atoms with Crippen LogP contribution in [-0.4, -0.2) is 24.3 Å². The van der Waals surface area contributed by atoms with Crippen molar-refractivity contribution in [1.82, 2.24) is 24.3 Å². The largest absolute Gasteiger partial charge is 0.362 e. The third-order valence-corrected chi connectivity index (χ3v) is 5.36. The van der Waals surface area contributed by atoms with Crippen LogP contribution in [0.1, 0.15) is 24.2 Å². The van der Waals surface area contributed by atoms with Crippen molar-refractivity contribution in [1.29, 1.82) is 0 Å². The number of hydrogen-bond acceptors (Lipinski definition) is 5. The average molecular weight is 414 g/mol. The van der Waals surface area contributed by atoms with Gasteiger partial charge in [-0.2, -0.15) is 14.4 Å². The van der Waals surface area contributed by atoms with Crippen molar-refractivity contribution in [3.63, 3.8) is 0 Å². The fraction of sp³-hybridized carbons (Fsp3) is 0.130. The molecule has 4 heterocycles. The summed E-state index contributed by atoms with van der Waals surface area (Å²) in [6, 6.07) is 16.9. The molecule has 5 aromatic rings. The molecule has 4 aromatic heterocycles. The third-order valence-electron chi connectivity index (χ3n) is 5.36. The van der Waals surface area contributed by atoms with Gasteiger partial charge in [0.1, 0.15) is 5.52 Å². The Balaban J connectivity index is 1.71. The highest BCUT2D eigenvalue weighted by molar-refractivity contribution is 5.82. The number of imidazole rings is 1. The highest BCUT2D eigenvalue weighted by Crippen LogP contribution is 2.30. The Kier molecular flexibility index (Phi) is 4.47. The lowest BCUT2D eigenvalue weighted by molar-refractivity contribution is 0.544. The van der Waals surface area contributed by atoms with E-state index in [1.165, 1.54) is 6.33 Å². The lowest BCUT2D eigenvalue weighted by Crippen LogP contribution is -2.22. The summed E-state index contributed by atoms with van der Waals surface area (Å²) < 4.78 is 15.6. The van der Waals surface area contributed by atoms with Crippen LogP contribution in [0.15, 0.2) is 65.7 Å². The van der Waals surface area contributed by atoms with Gasteiger partial charge in [-0.3, -0.25) is 9.20 Å². The topological polar surface area (TPSA) is 88.0 Å². The van der Waals surface area contributed by atoms with Crippen molar-refractivity contribution < 1.29 is 4.39 Å². The number of aromatic nitrogens is 5. The summed E-state index contributed by atoms with van der Waals surface area (Å²) in [5.41, 5.74) is 4.46. The Labute approximate surface area is 176 Å². The second-order valence-corrected chi connectivity index (χ2v) is 7.38. The molecule has 0 amide bonds. The molecule has 7 nitrogen and oxygen atoms in total. The SMILES string of the molecule is Cc1cccc2cc([C@H](C)Nc3nc(F)nc4nc[nH]c34)c(-c3ccccc3)c(=O)n12. The fourth-order valence-corrected chi connectivity index (χ4v) is 3.93. The molecule has 2 N–H and O–H groups in total. The first kappa shape index (κ1) is 18.9. The van der Waals surface area contributed by atoms with Gasteiger partial charge in [0.25, 0.3) is 5.56 Å². The Morgan fingerprint density at radius 3 is 2.71 bits per heavy atom. The Morgan fingerprint density at radius 2 is 1.90 bits per heavy atom. The number of nitrogens with one attached hydrogen (secondary N) is 2. The molecular weight excluding hydrogens is 395 g/mol. The van der Waals surface area contributed by atoms with Crippen LogP contribution in [0, 0.1) is 13.0 Å². The van der Waals surface area contributed by atoms with Crippen LogP contribution in [0.5, 0.6) is 0 Å². The van der Waals surface area contributed by atoms with E-state index >= 15 is 0 Å². The zero-order valence-corrected chi connectivity index (χ0v) is 16.9. The van der Waals surface area contributed by atoms with Crippen molar-refractivity contribution in [2.24, 2.45) is 0 Å². The number of aryl methyl sites for hydroxylation is 1. The molecule has 0 radical (unpaired) electrons. The molecule has 0 aliphatic carbocycles. The minimum atomic E-state index is -0.869. The number of rotatable bonds is 4. The molecule has 0 bridgehead atoms. The predicted octanol–water partition coefficient (Wildman–Crippen LogP) is 4.25. The van der Waals surface area contributed by atoms with Gasteiger partial charge in [0.05, 0.1) is 17.9 Å². The molecular formula is C23H19FN6O. The number of nitrogens with zero attached hydrogens (tertiary/aromatic N) is 4. The number of anilines is 1. The van der Waals surface area contributed by atoms with Crippen LogP contribution in [0.3, 0.4) is 0 Å². The molecule has 0 fully saturated rings. The van der Waals surface area contributed by atoms with Gasteiger partial charge in [0.2, 0.25) is 0 Å². The molecule has 154 valence electrons. The van der Waals surface area contributed by atoms with E-state index in [1.54, 1.807) is 4.40 Å². The molecule has 1 aromatic carbocycles. The number of benzene rings is 1. The number of halogens is 1. The Hall–Kier alpha value is -4.07. The number of H-pyrrole nitrogens is 1. The molecule has 0 unspecified atom stereocenters. The average Bonchev–Trinajstić information content (AvgIpc) is 3.22.